The minimum atomic E-state index is 0.351. The van der Waals surface area contributed by atoms with Crippen LogP contribution in [-0.2, 0) is 6.54 Å². The third-order valence-corrected chi connectivity index (χ3v) is 2.05. The van der Waals surface area contributed by atoms with Gasteiger partial charge in [-0.25, -0.2) is 0 Å². The van der Waals surface area contributed by atoms with E-state index >= 15 is 0 Å². The maximum absolute atomic E-state index is 7.17. The Morgan fingerprint density at radius 3 is 2.50 bits per heavy atom. The number of hydrogen-bond donors (Lipinski definition) is 0. The summed E-state index contributed by atoms with van der Waals surface area (Å²) in [5.74, 6) is 6.26. The topological polar surface area (TPSA) is 23.8 Å². The molecule has 0 aliphatic heterocycles. The van der Waals surface area contributed by atoms with Crippen molar-refractivity contribution in [3.05, 3.63) is 35.4 Å². The van der Waals surface area contributed by atoms with E-state index in [1.165, 1.54) is 12.8 Å². The molecule has 0 saturated heterocycles. The van der Waals surface area contributed by atoms with Gasteiger partial charge in [0.05, 0.1) is 0 Å². The van der Waals surface area contributed by atoms with Gasteiger partial charge in [0.25, 0.3) is 0 Å². The lowest BCUT2D eigenvalue weighted by Gasteiger charge is -1.94. The summed E-state index contributed by atoms with van der Waals surface area (Å²) in [6.07, 6.45) is 3.36. The van der Waals surface area contributed by atoms with E-state index < -0.39 is 0 Å². The van der Waals surface area contributed by atoms with Gasteiger partial charge in [-0.05, 0) is 24.1 Å². The van der Waals surface area contributed by atoms with Gasteiger partial charge < -0.3 is 0 Å². The lowest BCUT2D eigenvalue weighted by Crippen LogP contribution is -1.84. The molecule has 0 fully saturated rings. The first-order valence-corrected chi connectivity index (χ1v) is 5.09. The van der Waals surface area contributed by atoms with Gasteiger partial charge in [-0.3, -0.25) is 5.73 Å². The Morgan fingerprint density at radius 1 is 1.21 bits per heavy atom. The molecule has 0 spiro atoms. The van der Waals surface area contributed by atoms with Crippen molar-refractivity contribution in [2.75, 3.05) is 0 Å². The zero-order valence-corrected chi connectivity index (χ0v) is 8.64. The fourth-order valence-corrected chi connectivity index (χ4v) is 1.14. The van der Waals surface area contributed by atoms with Gasteiger partial charge in [0, 0.05) is 18.5 Å². The molecule has 0 aliphatic rings. The first-order chi connectivity index (χ1) is 6.86. The lowest BCUT2D eigenvalue weighted by molar-refractivity contribution is 0.828. The number of hydrogen-bond acceptors (Lipinski definition) is 0. The first-order valence-electron chi connectivity index (χ1n) is 5.09. The Morgan fingerprint density at radius 2 is 1.93 bits per heavy atom. The SMILES string of the molecule is CCCCC#Cc1ccc(C[NH])cc1. The zero-order valence-electron chi connectivity index (χ0n) is 8.64. The van der Waals surface area contributed by atoms with Gasteiger partial charge >= 0.3 is 0 Å². The Hall–Kier alpha value is -1.26. The highest BCUT2D eigenvalue weighted by Gasteiger charge is 1.88. The highest BCUT2D eigenvalue weighted by Crippen LogP contribution is 2.02. The molecule has 0 atom stereocenters. The minimum Gasteiger partial charge on any atom is -0.253 e. The highest BCUT2D eigenvalue weighted by atomic mass is 14.5. The van der Waals surface area contributed by atoms with E-state index in [9.17, 15) is 0 Å². The predicted octanol–water partition coefficient (Wildman–Crippen LogP) is 3.01. The Balaban J connectivity index is 2.53. The van der Waals surface area contributed by atoms with Gasteiger partial charge in [-0.1, -0.05) is 37.3 Å². The summed E-state index contributed by atoms with van der Waals surface area (Å²) >= 11 is 0. The molecule has 1 radical (unpaired) electrons. The summed E-state index contributed by atoms with van der Waals surface area (Å²) in [7, 11) is 0. The van der Waals surface area contributed by atoms with Crippen molar-refractivity contribution in [2.24, 2.45) is 0 Å². The summed E-state index contributed by atoms with van der Waals surface area (Å²) in [6.45, 7) is 2.52. The molecular weight excluding hydrogens is 170 g/mol. The molecule has 1 rings (SSSR count). The number of unbranched alkanes of at least 4 members (excludes halogenated alkanes) is 2. The predicted molar refractivity (Wildman–Crippen MR) is 59.6 cm³/mol. The molecule has 0 aromatic heterocycles. The Kier molecular flexibility index (Phi) is 4.82. The first kappa shape index (κ1) is 10.8. The number of benzene rings is 1. The molecule has 0 aliphatic carbocycles. The van der Waals surface area contributed by atoms with Gasteiger partial charge in [0.15, 0.2) is 0 Å². The highest BCUT2D eigenvalue weighted by molar-refractivity contribution is 5.35. The van der Waals surface area contributed by atoms with Crippen LogP contribution in [0, 0.1) is 11.8 Å². The molecule has 1 aromatic rings. The van der Waals surface area contributed by atoms with E-state index in [0.717, 1.165) is 17.5 Å². The van der Waals surface area contributed by atoms with E-state index in [4.69, 9.17) is 5.73 Å². The third kappa shape index (κ3) is 3.64. The number of nitrogens with one attached hydrogen (secondary N) is 1. The molecule has 0 heterocycles. The lowest BCUT2D eigenvalue weighted by atomic mass is 10.1. The van der Waals surface area contributed by atoms with Crippen molar-refractivity contribution >= 4 is 0 Å². The van der Waals surface area contributed by atoms with Crippen LogP contribution in [0.25, 0.3) is 0 Å². The second-order valence-electron chi connectivity index (χ2n) is 3.28. The Labute approximate surface area is 86.3 Å². The molecule has 1 nitrogen and oxygen atoms in total. The molecule has 0 bridgehead atoms. The molecule has 0 saturated carbocycles. The van der Waals surface area contributed by atoms with E-state index in [-0.39, 0.29) is 0 Å². The van der Waals surface area contributed by atoms with Gasteiger partial charge in [0.2, 0.25) is 0 Å². The molecule has 0 unspecified atom stereocenters. The molecule has 1 aromatic carbocycles. The quantitative estimate of drug-likeness (QED) is 0.512. The van der Waals surface area contributed by atoms with Crippen molar-refractivity contribution in [1.82, 2.24) is 5.73 Å². The van der Waals surface area contributed by atoms with Crippen LogP contribution in [0.1, 0.15) is 37.3 Å². The molecule has 1 N–H and O–H groups in total. The monoisotopic (exact) mass is 186 g/mol. The van der Waals surface area contributed by atoms with Crippen molar-refractivity contribution in [3.63, 3.8) is 0 Å². The van der Waals surface area contributed by atoms with E-state index in [1.807, 2.05) is 24.3 Å². The second kappa shape index (κ2) is 6.23. The smallest absolute Gasteiger partial charge is 0.0351 e. The van der Waals surface area contributed by atoms with Crippen LogP contribution in [0.15, 0.2) is 24.3 Å². The van der Waals surface area contributed by atoms with Gasteiger partial charge in [0.1, 0.15) is 0 Å². The number of rotatable bonds is 3. The van der Waals surface area contributed by atoms with Gasteiger partial charge in [-0.15, -0.1) is 0 Å². The molecule has 73 valence electrons. The summed E-state index contributed by atoms with van der Waals surface area (Å²) in [5, 5.41) is 0. The van der Waals surface area contributed by atoms with Crippen LogP contribution in [0.5, 0.6) is 0 Å². The summed E-state index contributed by atoms with van der Waals surface area (Å²) in [5.41, 5.74) is 9.27. The molecule has 1 heteroatoms. The fourth-order valence-electron chi connectivity index (χ4n) is 1.14. The van der Waals surface area contributed by atoms with E-state index in [0.29, 0.717) is 6.54 Å². The fraction of sp³-hybridized carbons (Fsp3) is 0.385. The van der Waals surface area contributed by atoms with Crippen molar-refractivity contribution in [1.29, 1.82) is 0 Å². The summed E-state index contributed by atoms with van der Waals surface area (Å²) in [4.78, 5) is 0. The zero-order chi connectivity index (χ0) is 10.2. The maximum atomic E-state index is 7.17. The van der Waals surface area contributed by atoms with Crippen LogP contribution in [0.4, 0.5) is 0 Å². The second-order valence-corrected chi connectivity index (χ2v) is 3.28. The average molecular weight is 186 g/mol. The largest absolute Gasteiger partial charge is 0.253 e. The summed E-state index contributed by atoms with van der Waals surface area (Å²) in [6, 6.07) is 7.92. The Bertz CT molecular complexity index is 313. The molecule has 14 heavy (non-hydrogen) atoms. The van der Waals surface area contributed by atoms with Crippen LogP contribution < -0.4 is 5.73 Å². The van der Waals surface area contributed by atoms with E-state index in [1.54, 1.807) is 0 Å². The van der Waals surface area contributed by atoms with E-state index in [2.05, 4.69) is 18.8 Å². The molecule has 0 amide bonds. The van der Waals surface area contributed by atoms with Crippen LogP contribution >= 0.6 is 0 Å². The summed E-state index contributed by atoms with van der Waals surface area (Å²) < 4.78 is 0. The van der Waals surface area contributed by atoms with Crippen molar-refractivity contribution < 1.29 is 0 Å². The minimum absolute atomic E-state index is 0.351. The third-order valence-electron chi connectivity index (χ3n) is 2.05. The van der Waals surface area contributed by atoms with Crippen molar-refractivity contribution in [2.45, 2.75) is 32.7 Å². The van der Waals surface area contributed by atoms with Gasteiger partial charge in [-0.2, -0.15) is 0 Å². The van der Waals surface area contributed by atoms with Crippen LogP contribution in [-0.4, -0.2) is 0 Å². The average Bonchev–Trinajstić information content (AvgIpc) is 2.25. The maximum Gasteiger partial charge on any atom is 0.0351 e. The molecular formula is C13H16N. The standard InChI is InChI=1S/C13H16N/c1-2-3-4-5-6-12-7-9-13(11-14)10-8-12/h7-10,14H,2-4,11H2,1H3. The van der Waals surface area contributed by atoms with Crippen LogP contribution in [0.3, 0.4) is 0 Å². The van der Waals surface area contributed by atoms with Crippen LogP contribution in [0.2, 0.25) is 0 Å². The normalized spacial score (nSPS) is 9.29. The van der Waals surface area contributed by atoms with Crippen molar-refractivity contribution in [3.8, 4) is 11.8 Å².